The summed E-state index contributed by atoms with van der Waals surface area (Å²) in [6.45, 7) is 10.0. The number of likely N-dealkylation sites (N-methyl/N-ethyl adjacent to an activating group) is 1. The Kier molecular flexibility index (Phi) is 5.13. The van der Waals surface area contributed by atoms with Gasteiger partial charge in [-0.2, -0.15) is 0 Å². The SMILES string of the molecule is C=CC(=O)N(C)c1cccc2c1CN(C(=O)c1cc(C(C)(C)C)c(O)cc1O)C2. The molecule has 2 N–H and O–H groups in total. The van der Waals surface area contributed by atoms with Crippen LogP contribution in [0.2, 0.25) is 0 Å². The maximum Gasteiger partial charge on any atom is 0.258 e. The highest BCUT2D eigenvalue weighted by molar-refractivity contribution is 6.02. The zero-order valence-corrected chi connectivity index (χ0v) is 17.2. The molecule has 0 aromatic heterocycles. The molecule has 0 unspecified atom stereocenters. The van der Waals surface area contributed by atoms with Gasteiger partial charge in [0, 0.05) is 43.0 Å². The molecule has 0 atom stereocenters. The van der Waals surface area contributed by atoms with Crippen LogP contribution in [0.5, 0.6) is 11.5 Å². The first-order chi connectivity index (χ1) is 13.5. The van der Waals surface area contributed by atoms with Gasteiger partial charge in [0.1, 0.15) is 11.5 Å². The zero-order chi connectivity index (χ0) is 21.5. The average Bonchev–Trinajstić information content (AvgIpc) is 3.09. The van der Waals surface area contributed by atoms with E-state index >= 15 is 0 Å². The van der Waals surface area contributed by atoms with Gasteiger partial charge in [0.05, 0.1) is 5.56 Å². The zero-order valence-electron chi connectivity index (χ0n) is 17.2. The molecular formula is C23H26N2O4. The van der Waals surface area contributed by atoms with Crippen LogP contribution in [0.15, 0.2) is 43.0 Å². The van der Waals surface area contributed by atoms with Gasteiger partial charge in [0.15, 0.2) is 0 Å². The fourth-order valence-electron chi connectivity index (χ4n) is 3.64. The van der Waals surface area contributed by atoms with E-state index in [1.54, 1.807) is 18.0 Å². The lowest BCUT2D eigenvalue weighted by Crippen LogP contribution is -2.27. The molecule has 6 nitrogen and oxygen atoms in total. The van der Waals surface area contributed by atoms with Crippen molar-refractivity contribution in [3.05, 3.63) is 65.2 Å². The first-order valence-corrected chi connectivity index (χ1v) is 9.41. The first-order valence-electron chi connectivity index (χ1n) is 9.41. The molecule has 2 aromatic rings. The molecule has 3 rings (SSSR count). The lowest BCUT2D eigenvalue weighted by Gasteiger charge is -2.23. The Balaban J connectivity index is 1.95. The fourth-order valence-corrected chi connectivity index (χ4v) is 3.64. The normalized spacial score (nSPS) is 13.2. The van der Waals surface area contributed by atoms with Gasteiger partial charge >= 0.3 is 0 Å². The van der Waals surface area contributed by atoms with Gasteiger partial charge in [0.2, 0.25) is 5.91 Å². The number of phenols is 2. The summed E-state index contributed by atoms with van der Waals surface area (Å²) in [5, 5.41) is 20.5. The highest BCUT2D eigenvalue weighted by atomic mass is 16.3. The van der Waals surface area contributed by atoms with Crippen LogP contribution in [0, 0.1) is 0 Å². The minimum Gasteiger partial charge on any atom is -0.508 e. The molecule has 29 heavy (non-hydrogen) atoms. The van der Waals surface area contributed by atoms with E-state index in [0.29, 0.717) is 18.7 Å². The van der Waals surface area contributed by atoms with E-state index in [1.165, 1.54) is 17.0 Å². The third kappa shape index (κ3) is 3.70. The van der Waals surface area contributed by atoms with Crippen molar-refractivity contribution in [1.29, 1.82) is 0 Å². The van der Waals surface area contributed by atoms with E-state index in [4.69, 9.17) is 0 Å². The predicted molar refractivity (Wildman–Crippen MR) is 112 cm³/mol. The van der Waals surface area contributed by atoms with Crippen LogP contribution in [0.3, 0.4) is 0 Å². The molecule has 0 spiro atoms. The van der Waals surface area contributed by atoms with E-state index < -0.39 is 0 Å². The molecule has 0 saturated carbocycles. The highest BCUT2D eigenvalue weighted by Crippen LogP contribution is 2.38. The highest BCUT2D eigenvalue weighted by Gasteiger charge is 2.30. The first kappa shape index (κ1) is 20.5. The Morgan fingerprint density at radius 1 is 1.14 bits per heavy atom. The topological polar surface area (TPSA) is 81.1 Å². The Labute approximate surface area is 170 Å². The van der Waals surface area contributed by atoms with Gasteiger partial charge < -0.3 is 20.0 Å². The van der Waals surface area contributed by atoms with Crippen LogP contribution < -0.4 is 4.90 Å². The second-order valence-corrected chi connectivity index (χ2v) is 8.31. The number of amides is 2. The Bertz CT molecular complexity index is 1000. The van der Waals surface area contributed by atoms with Crippen molar-refractivity contribution in [2.45, 2.75) is 39.3 Å². The summed E-state index contributed by atoms with van der Waals surface area (Å²) in [6, 6.07) is 8.40. The largest absolute Gasteiger partial charge is 0.508 e. The van der Waals surface area contributed by atoms with Crippen LogP contribution in [-0.4, -0.2) is 34.0 Å². The molecule has 0 radical (unpaired) electrons. The van der Waals surface area contributed by atoms with E-state index in [0.717, 1.165) is 16.8 Å². The molecule has 0 saturated heterocycles. The van der Waals surface area contributed by atoms with Gasteiger partial charge in [-0.25, -0.2) is 0 Å². The maximum atomic E-state index is 13.2. The van der Waals surface area contributed by atoms with E-state index in [1.807, 2.05) is 39.0 Å². The lowest BCUT2D eigenvalue weighted by atomic mass is 9.85. The molecule has 0 bridgehead atoms. The van der Waals surface area contributed by atoms with Crippen LogP contribution in [0.4, 0.5) is 5.69 Å². The Morgan fingerprint density at radius 2 is 1.83 bits per heavy atom. The fraction of sp³-hybridized carbons (Fsp3) is 0.304. The van der Waals surface area contributed by atoms with E-state index in [2.05, 4.69) is 6.58 Å². The smallest absolute Gasteiger partial charge is 0.258 e. The number of benzene rings is 2. The quantitative estimate of drug-likeness (QED) is 0.778. The molecule has 1 aliphatic heterocycles. The number of fused-ring (bicyclic) bond motifs is 1. The second kappa shape index (κ2) is 7.28. The van der Waals surface area contributed by atoms with Crippen LogP contribution >= 0.6 is 0 Å². The molecule has 0 fully saturated rings. The number of hydrogen-bond donors (Lipinski definition) is 2. The van der Waals surface area contributed by atoms with Crippen molar-refractivity contribution in [1.82, 2.24) is 4.90 Å². The molecule has 6 heteroatoms. The standard InChI is InChI=1S/C23H26N2O4/c1-6-21(28)24(5)18-9-7-8-14-12-25(13-16(14)18)22(29)15-10-17(23(2,3)4)20(27)11-19(15)26/h6-11,26-27H,1,12-13H2,2-5H3. The summed E-state index contributed by atoms with van der Waals surface area (Å²) in [5.74, 6) is -0.847. The van der Waals surface area contributed by atoms with Gasteiger partial charge in [-0.15, -0.1) is 0 Å². The van der Waals surface area contributed by atoms with E-state index in [9.17, 15) is 19.8 Å². The van der Waals surface area contributed by atoms with Gasteiger partial charge in [-0.05, 0) is 29.2 Å². The molecule has 1 heterocycles. The minimum absolute atomic E-state index is 0.0388. The number of rotatable bonds is 3. The van der Waals surface area contributed by atoms with Crippen molar-refractivity contribution >= 4 is 17.5 Å². The van der Waals surface area contributed by atoms with Crippen LogP contribution in [0.25, 0.3) is 0 Å². The minimum atomic E-state index is -0.387. The Morgan fingerprint density at radius 3 is 2.45 bits per heavy atom. The summed E-state index contributed by atoms with van der Waals surface area (Å²) < 4.78 is 0. The van der Waals surface area contributed by atoms with Crippen molar-refractivity contribution in [3.63, 3.8) is 0 Å². The molecule has 2 aromatic carbocycles. The summed E-state index contributed by atoms with van der Waals surface area (Å²) in [4.78, 5) is 28.3. The molecule has 152 valence electrons. The number of phenolic OH excluding ortho intramolecular Hbond substituents is 2. The van der Waals surface area contributed by atoms with Crippen molar-refractivity contribution in [2.75, 3.05) is 11.9 Å². The summed E-state index contributed by atoms with van der Waals surface area (Å²) in [5.41, 5.74) is 2.93. The third-order valence-corrected chi connectivity index (χ3v) is 5.26. The van der Waals surface area contributed by atoms with Crippen LogP contribution in [0.1, 0.15) is 47.8 Å². The summed E-state index contributed by atoms with van der Waals surface area (Å²) >= 11 is 0. The molecule has 2 amide bonds. The van der Waals surface area contributed by atoms with Gasteiger partial charge in [0.25, 0.3) is 5.91 Å². The molecule has 1 aliphatic rings. The third-order valence-electron chi connectivity index (χ3n) is 5.26. The Hall–Kier alpha value is -3.28. The van der Waals surface area contributed by atoms with Gasteiger partial charge in [-0.1, -0.05) is 39.5 Å². The second-order valence-electron chi connectivity index (χ2n) is 8.31. The lowest BCUT2D eigenvalue weighted by molar-refractivity contribution is -0.113. The summed E-state index contributed by atoms with van der Waals surface area (Å²) in [6.07, 6.45) is 1.25. The van der Waals surface area contributed by atoms with Crippen molar-refractivity contribution < 1.29 is 19.8 Å². The van der Waals surface area contributed by atoms with Crippen LogP contribution in [-0.2, 0) is 23.3 Å². The van der Waals surface area contributed by atoms with Crippen molar-refractivity contribution in [2.24, 2.45) is 0 Å². The van der Waals surface area contributed by atoms with Crippen molar-refractivity contribution in [3.8, 4) is 11.5 Å². The molecule has 0 aliphatic carbocycles. The predicted octanol–water partition coefficient (Wildman–Crippen LogP) is 3.70. The number of carbonyl (C=O) groups excluding carboxylic acids is 2. The number of nitrogens with zero attached hydrogens (tertiary/aromatic N) is 2. The number of carbonyl (C=O) groups is 2. The summed E-state index contributed by atoms with van der Waals surface area (Å²) in [7, 11) is 1.67. The average molecular weight is 394 g/mol. The number of aromatic hydroxyl groups is 2. The molecular weight excluding hydrogens is 368 g/mol. The van der Waals surface area contributed by atoms with E-state index in [-0.39, 0.29) is 34.3 Å². The number of anilines is 1. The van der Waals surface area contributed by atoms with Gasteiger partial charge in [-0.3, -0.25) is 9.59 Å². The maximum absolute atomic E-state index is 13.2. The number of hydrogen-bond acceptors (Lipinski definition) is 4. The monoisotopic (exact) mass is 394 g/mol.